The highest BCUT2D eigenvalue weighted by molar-refractivity contribution is 6.34. The number of hydrogen-bond donors (Lipinski definition) is 2. The average molecular weight is 628 g/mol. The third-order valence-electron chi connectivity index (χ3n) is 7.19. The molecule has 1 atom stereocenters. The van der Waals surface area contributed by atoms with Crippen molar-refractivity contribution in [3.05, 3.63) is 136 Å². The van der Waals surface area contributed by atoms with Gasteiger partial charge in [-0.2, -0.15) is 0 Å². The summed E-state index contributed by atoms with van der Waals surface area (Å²) < 4.78 is 13.4. The van der Waals surface area contributed by atoms with Crippen molar-refractivity contribution in [2.75, 3.05) is 7.05 Å². The molecular formula is C39H47ClFN3O. The molecule has 0 aliphatic rings. The maximum absolute atomic E-state index is 13.5. The smallest absolute Gasteiger partial charge is 0.251 e. The van der Waals surface area contributed by atoms with Crippen molar-refractivity contribution in [1.29, 1.82) is 0 Å². The Kier molecular flexibility index (Phi) is 14.7. The first kappa shape index (κ1) is 37.0. The van der Waals surface area contributed by atoms with Crippen LogP contribution in [0.2, 0.25) is 5.02 Å². The molecule has 6 heteroatoms. The summed E-state index contributed by atoms with van der Waals surface area (Å²) in [6, 6.07) is 19.4. The summed E-state index contributed by atoms with van der Waals surface area (Å²) in [5.74, 6) is -0.0394. The van der Waals surface area contributed by atoms with E-state index in [1.54, 1.807) is 26.1 Å². The second kappa shape index (κ2) is 17.9. The van der Waals surface area contributed by atoms with Crippen LogP contribution in [0.5, 0.6) is 0 Å². The first-order valence-corrected chi connectivity index (χ1v) is 15.7. The summed E-state index contributed by atoms with van der Waals surface area (Å²) in [7, 11) is 1.69. The van der Waals surface area contributed by atoms with Crippen LogP contribution in [-0.2, 0) is 0 Å². The number of amidine groups is 1. The van der Waals surface area contributed by atoms with Crippen molar-refractivity contribution < 1.29 is 9.18 Å². The molecule has 0 saturated heterocycles. The third-order valence-corrected chi connectivity index (χ3v) is 7.51. The van der Waals surface area contributed by atoms with E-state index in [-0.39, 0.29) is 11.9 Å². The second-order valence-corrected chi connectivity index (χ2v) is 11.1. The van der Waals surface area contributed by atoms with E-state index in [4.69, 9.17) is 11.6 Å². The zero-order chi connectivity index (χ0) is 33.7. The molecule has 0 radical (unpaired) electrons. The zero-order valence-corrected chi connectivity index (χ0v) is 28.7. The van der Waals surface area contributed by atoms with E-state index in [9.17, 15) is 9.18 Å². The predicted molar refractivity (Wildman–Crippen MR) is 193 cm³/mol. The number of hydrogen-bond acceptors (Lipinski definition) is 2. The number of amides is 1. The molecule has 3 rings (SSSR count). The van der Waals surface area contributed by atoms with E-state index in [1.807, 2.05) is 64.1 Å². The summed E-state index contributed by atoms with van der Waals surface area (Å²) in [5, 5.41) is 7.08. The predicted octanol–water partition coefficient (Wildman–Crippen LogP) is 10.9. The number of benzene rings is 3. The molecule has 45 heavy (non-hydrogen) atoms. The fourth-order valence-corrected chi connectivity index (χ4v) is 4.99. The van der Waals surface area contributed by atoms with Gasteiger partial charge in [0, 0.05) is 34.5 Å². The highest BCUT2D eigenvalue weighted by Gasteiger charge is 2.21. The maximum atomic E-state index is 13.5. The molecule has 0 aromatic heterocycles. The SMILES string of the molecule is C=C(F)/C(C)=C\C=C(/C)NC(=NC)c1cccc(Cl)c1-c1ccc(C(=O)NC(CCC)c2ccc(C)cc2)cc1C(=C)C.CC. The van der Waals surface area contributed by atoms with Crippen LogP contribution in [0, 0.1) is 6.92 Å². The standard InChI is InChI=1S/C37H41ClFN3O.C2H6/c1-9-11-34(28-18-14-24(4)15-19-28)42-37(43)29-20-21-30(32(22-29)23(2)3)35-31(12-10-13-33(35)38)36(40-8)41-26(6)17-16-25(5)27(7)39;1-2/h10,12-22,34H,2,7,9,11H2,1,3-6,8H3,(H,40,41)(H,42,43);1-2H3/b25-16-,26-17+;. The molecule has 2 N–H and O–H groups in total. The number of allylic oxidation sites excluding steroid dienone is 6. The lowest BCUT2D eigenvalue weighted by atomic mass is 9.90. The van der Waals surface area contributed by atoms with E-state index in [2.05, 4.69) is 66.9 Å². The van der Waals surface area contributed by atoms with Crippen LogP contribution in [0.25, 0.3) is 16.7 Å². The van der Waals surface area contributed by atoms with Crippen molar-refractivity contribution >= 4 is 28.9 Å². The Morgan fingerprint density at radius 1 is 1.00 bits per heavy atom. The first-order valence-electron chi connectivity index (χ1n) is 15.4. The molecule has 0 spiro atoms. The number of rotatable bonds is 11. The molecule has 1 amide bonds. The number of nitrogens with one attached hydrogen (secondary N) is 2. The minimum atomic E-state index is -0.481. The molecule has 0 aliphatic carbocycles. The molecule has 1 unspecified atom stereocenters. The summed E-state index contributed by atoms with van der Waals surface area (Å²) >= 11 is 6.83. The van der Waals surface area contributed by atoms with Gasteiger partial charge in [0.05, 0.1) is 6.04 Å². The molecule has 0 saturated carbocycles. The van der Waals surface area contributed by atoms with E-state index in [0.29, 0.717) is 22.0 Å². The van der Waals surface area contributed by atoms with Crippen LogP contribution in [-0.4, -0.2) is 18.8 Å². The second-order valence-electron chi connectivity index (χ2n) is 10.7. The lowest BCUT2D eigenvalue weighted by Crippen LogP contribution is -2.28. The summed E-state index contributed by atoms with van der Waals surface area (Å²) in [4.78, 5) is 18.0. The van der Waals surface area contributed by atoms with E-state index >= 15 is 0 Å². The van der Waals surface area contributed by atoms with E-state index in [1.165, 1.54) is 5.56 Å². The number of aliphatic imine (C=N–C) groups is 1. The van der Waals surface area contributed by atoms with Crippen LogP contribution in [0.15, 0.2) is 108 Å². The molecule has 0 heterocycles. The average Bonchev–Trinajstić information content (AvgIpc) is 3.03. The van der Waals surface area contributed by atoms with Crippen molar-refractivity contribution in [2.45, 2.75) is 67.3 Å². The molecule has 3 aromatic carbocycles. The normalized spacial score (nSPS) is 12.5. The first-order chi connectivity index (χ1) is 21.5. The van der Waals surface area contributed by atoms with Gasteiger partial charge >= 0.3 is 0 Å². The maximum Gasteiger partial charge on any atom is 0.251 e. The Labute approximate surface area is 274 Å². The lowest BCUT2D eigenvalue weighted by molar-refractivity contribution is 0.0934. The van der Waals surface area contributed by atoms with Crippen LogP contribution in [0.3, 0.4) is 0 Å². The van der Waals surface area contributed by atoms with E-state index < -0.39 is 5.83 Å². The van der Waals surface area contributed by atoms with Gasteiger partial charge in [0.1, 0.15) is 11.7 Å². The van der Waals surface area contributed by atoms with Crippen molar-refractivity contribution in [1.82, 2.24) is 10.6 Å². The number of carbonyl (C=O) groups excluding carboxylic acids is 1. The number of nitrogens with zero attached hydrogens (tertiary/aromatic N) is 1. The Hall–Kier alpha value is -4.22. The van der Waals surface area contributed by atoms with Crippen molar-refractivity contribution in [3.63, 3.8) is 0 Å². The zero-order valence-electron chi connectivity index (χ0n) is 27.9. The Morgan fingerprint density at radius 3 is 2.24 bits per heavy atom. The fraction of sp³-hybridized carbons (Fsp3) is 0.282. The van der Waals surface area contributed by atoms with Crippen LogP contribution in [0.1, 0.15) is 93.0 Å². The van der Waals surface area contributed by atoms with Gasteiger partial charge in [-0.3, -0.25) is 9.79 Å². The van der Waals surface area contributed by atoms with Gasteiger partial charge in [-0.1, -0.05) is 112 Å². The molecule has 0 aliphatic heterocycles. The van der Waals surface area contributed by atoms with Crippen LogP contribution in [0.4, 0.5) is 4.39 Å². The highest BCUT2D eigenvalue weighted by Crippen LogP contribution is 2.37. The number of carbonyl (C=O) groups is 1. The molecule has 4 nitrogen and oxygen atoms in total. The third kappa shape index (κ3) is 10.2. The highest BCUT2D eigenvalue weighted by atomic mass is 35.5. The van der Waals surface area contributed by atoms with Gasteiger partial charge in [0.2, 0.25) is 0 Å². The topological polar surface area (TPSA) is 53.5 Å². The minimum absolute atomic E-state index is 0.0893. The molecule has 0 fully saturated rings. The van der Waals surface area contributed by atoms with Gasteiger partial charge in [-0.15, -0.1) is 0 Å². The Morgan fingerprint density at radius 2 is 1.67 bits per heavy atom. The molecular weight excluding hydrogens is 581 g/mol. The fourth-order valence-electron chi connectivity index (χ4n) is 4.72. The minimum Gasteiger partial charge on any atom is -0.345 e. The lowest BCUT2D eigenvalue weighted by Gasteiger charge is -2.21. The number of halogens is 2. The van der Waals surface area contributed by atoms with Crippen LogP contribution >= 0.6 is 11.6 Å². The summed E-state index contributed by atoms with van der Waals surface area (Å²) in [6.07, 6.45) is 5.20. The van der Waals surface area contributed by atoms with Gasteiger partial charge in [-0.25, -0.2) is 4.39 Å². The quantitative estimate of drug-likeness (QED) is 0.126. The van der Waals surface area contributed by atoms with Gasteiger partial charge in [-0.05, 0) is 80.7 Å². The Balaban J connectivity index is 0.00000345. The number of aryl methyl sites for hydroxylation is 1. The van der Waals surface area contributed by atoms with Crippen LogP contribution < -0.4 is 10.6 Å². The summed E-state index contributed by atoms with van der Waals surface area (Å²) in [6.45, 7) is 21.2. The molecule has 0 bridgehead atoms. The largest absolute Gasteiger partial charge is 0.345 e. The van der Waals surface area contributed by atoms with Crippen molar-refractivity contribution in [2.24, 2.45) is 4.99 Å². The van der Waals surface area contributed by atoms with Gasteiger partial charge in [0.25, 0.3) is 5.91 Å². The summed E-state index contributed by atoms with van der Waals surface area (Å²) in [5.41, 5.74) is 7.99. The van der Waals surface area contributed by atoms with Crippen molar-refractivity contribution in [3.8, 4) is 11.1 Å². The van der Waals surface area contributed by atoms with E-state index in [0.717, 1.165) is 51.9 Å². The van der Waals surface area contributed by atoms with Gasteiger partial charge < -0.3 is 10.6 Å². The molecule has 238 valence electrons. The Bertz CT molecular complexity index is 1600. The van der Waals surface area contributed by atoms with Gasteiger partial charge in [0.15, 0.2) is 0 Å². The molecule has 3 aromatic rings. The monoisotopic (exact) mass is 627 g/mol.